The van der Waals surface area contributed by atoms with Crippen LogP contribution in [0.5, 0.6) is 0 Å². The smallest absolute Gasteiger partial charge is 0.242 e. The lowest BCUT2D eigenvalue weighted by Gasteiger charge is -2.38. The van der Waals surface area contributed by atoms with Gasteiger partial charge in [-0.25, -0.2) is 4.99 Å². The van der Waals surface area contributed by atoms with E-state index in [4.69, 9.17) is 17.0 Å². The minimum Gasteiger partial charge on any atom is -0.370 e. The predicted molar refractivity (Wildman–Crippen MR) is 96.5 cm³/mol. The summed E-state index contributed by atoms with van der Waals surface area (Å²) in [5.41, 5.74) is 1.02. The summed E-state index contributed by atoms with van der Waals surface area (Å²) in [6, 6.07) is 0.247. The second kappa shape index (κ2) is 5.67. The Hall–Kier alpha value is -0.720. The second-order valence-corrected chi connectivity index (χ2v) is 8.92. The molecule has 4 aliphatic rings. The maximum atomic E-state index is 13.3. The molecule has 3 aliphatic heterocycles. The molecule has 0 N–H and O–H groups in total. The monoisotopic (exact) mass is 350 g/mol. The van der Waals surface area contributed by atoms with E-state index in [1.807, 2.05) is 4.90 Å². The summed E-state index contributed by atoms with van der Waals surface area (Å²) in [6.45, 7) is 4.77. The number of thiocarbonyl (C=S) groups is 1. The van der Waals surface area contributed by atoms with Crippen LogP contribution in [-0.4, -0.2) is 39.2 Å². The number of rotatable bonds is 1. The number of hydrogen-bond acceptors (Lipinski definition) is 4. The van der Waals surface area contributed by atoms with Crippen molar-refractivity contribution in [1.29, 1.82) is 0 Å². The fraction of sp³-hybridized carbons (Fsp3) is 0.706. The zero-order valence-corrected chi connectivity index (χ0v) is 15.3. The number of thioether (sulfide) groups is 1. The maximum Gasteiger partial charge on any atom is 0.242 e. The largest absolute Gasteiger partial charge is 0.370 e. The number of fused-ring (bicyclic) bond motifs is 2. The molecule has 1 aliphatic carbocycles. The molecule has 0 saturated heterocycles. The van der Waals surface area contributed by atoms with Gasteiger partial charge in [0.2, 0.25) is 11.0 Å². The van der Waals surface area contributed by atoms with Gasteiger partial charge in [0.1, 0.15) is 5.92 Å². The van der Waals surface area contributed by atoms with E-state index in [0.29, 0.717) is 11.7 Å². The lowest BCUT2D eigenvalue weighted by Crippen LogP contribution is -2.51. The summed E-state index contributed by atoms with van der Waals surface area (Å²) < 4.78 is 5.90. The zero-order chi connectivity index (χ0) is 16.2. The van der Waals surface area contributed by atoms with Crippen molar-refractivity contribution in [3.05, 3.63) is 10.5 Å². The Morgan fingerprint density at radius 2 is 2.04 bits per heavy atom. The van der Waals surface area contributed by atoms with Crippen molar-refractivity contribution < 1.29 is 9.53 Å². The summed E-state index contributed by atoms with van der Waals surface area (Å²) in [4.78, 5) is 20.9. The Labute approximate surface area is 146 Å². The highest BCUT2D eigenvalue weighted by Crippen LogP contribution is 2.48. The van der Waals surface area contributed by atoms with Gasteiger partial charge in [-0.15, -0.1) is 0 Å². The van der Waals surface area contributed by atoms with E-state index in [2.05, 4.69) is 18.8 Å². The van der Waals surface area contributed by atoms with Gasteiger partial charge < -0.3 is 4.74 Å². The highest BCUT2D eigenvalue weighted by molar-refractivity contribution is 8.17. The fourth-order valence-corrected chi connectivity index (χ4v) is 5.63. The van der Waals surface area contributed by atoms with Crippen molar-refractivity contribution in [2.45, 2.75) is 64.0 Å². The van der Waals surface area contributed by atoms with Gasteiger partial charge in [0, 0.05) is 10.9 Å². The molecule has 1 amide bonds. The molecule has 1 fully saturated rings. The predicted octanol–water partition coefficient (Wildman–Crippen LogP) is 3.66. The molecule has 0 aromatic heterocycles. The summed E-state index contributed by atoms with van der Waals surface area (Å²) in [6.07, 6.45) is 6.54. The highest BCUT2D eigenvalue weighted by Gasteiger charge is 2.48. The number of nitrogens with zero attached hydrogens (tertiary/aromatic N) is 2. The summed E-state index contributed by atoms with van der Waals surface area (Å²) in [5, 5.41) is 1.35. The van der Waals surface area contributed by atoms with Crippen molar-refractivity contribution in [1.82, 2.24) is 4.90 Å². The molecule has 1 unspecified atom stereocenters. The van der Waals surface area contributed by atoms with Crippen LogP contribution in [0, 0.1) is 5.92 Å². The van der Waals surface area contributed by atoms with Gasteiger partial charge in [0.05, 0.1) is 17.3 Å². The van der Waals surface area contributed by atoms with Crippen LogP contribution in [0.3, 0.4) is 0 Å². The lowest BCUT2D eigenvalue weighted by atomic mass is 9.85. The number of hydrogen-bond donors (Lipinski definition) is 0. The van der Waals surface area contributed by atoms with Crippen LogP contribution in [0.15, 0.2) is 15.5 Å². The molecule has 3 heterocycles. The lowest BCUT2D eigenvalue weighted by molar-refractivity contribution is -0.131. The normalized spacial score (nSPS) is 31.1. The van der Waals surface area contributed by atoms with Crippen LogP contribution in [0.4, 0.5) is 0 Å². The minimum absolute atomic E-state index is 0.155. The first-order valence-electron chi connectivity index (χ1n) is 8.46. The minimum atomic E-state index is -0.206. The maximum absolute atomic E-state index is 13.3. The number of amides is 1. The fourth-order valence-electron chi connectivity index (χ4n) is 4.05. The van der Waals surface area contributed by atoms with Crippen LogP contribution in [-0.2, 0) is 9.53 Å². The molecule has 0 radical (unpaired) electrons. The quantitative estimate of drug-likeness (QED) is 0.677. The van der Waals surface area contributed by atoms with Crippen molar-refractivity contribution in [3.8, 4) is 0 Å². The molecule has 0 bridgehead atoms. The van der Waals surface area contributed by atoms with Gasteiger partial charge in [-0.05, 0) is 50.9 Å². The molecule has 4 rings (SSSR count). The van der Waals surface area contributed by atoms with E-state index in [1.165, 1.54) is 29.7 Å². The van der Waals surface area contributed by atoms with Gasteiger partial charge in [0.15, 0.2) is 0 Å². The Balaban J connectivity index is 1.66. The molecule has 1 atom stereocenters. The topological polar surface area (TPSA) is 41.9 Å². The van der Waals surface area contributed by atoms with Crippen molar-refractivity contribution >= 4 is 40.0 Å². The first-order chi connectivity index (χ1) is 11.0. The third kappa shape index (κ3) is 2.68. The van der Waals surface area contributed by atoms with Crippen LogP contribution in [0.2, 0.25) is 0 Å². The first-order valence-corrected chi connectivity index (χ1v) is 9.68. The Morgan fingerprint density at radius 1 is 1.30 bits per heavy atom. The molecule has 1 saturated carbocycles. The van der Waals surface area contributed by atoms with Gasteiger partial charge >= 0.3 is 0 Å². The summed E-state index contributed by atoms with van der Waals surface area (Å²) in [7, 11) is 0. The molecule has 0 aromatic carbocycles. The first kappa shape index (κ1) is 15.8. The highest BCUT2D eigenvalue weighted by atomic mass is 32.2. The molecular weight excluding hydrogens is 328 g/mol. The average Bonchev–Trinajstić information content (AvgIpc) is 2.84. The third-order valence-corrected chi connectivity index (χ3v) is 6.68. The number of carbonyl (C=O) groups excluding carboxylic acids is 1. The second-order valence-electron chi connectivity index (χ2n) is 7.44. The molecule has 0 spiro atoms. The molecule has 23 heavy (non-hydrogen) atoms. The molecule has 4 nitrogen and oxygen atoms in total. The van der Waals surface area contributed by atoms with Crippen molar-refractivity contribution in [2.24, 2.45) is 10.9 Å². The van der Waals surface area contributed by atoms with E-state index in [-0.39, 0.29) is 23.5 Å². The Morgan fingerprint density at radius 3 is 2.78 bits per heavy atom. The summed E-state index contributed by atoms with van der Waals surface area (Å²) >= 11 is 7.08. The van der Waals surface area contributed by atoms with E-state index in [0.717, 1.165) is 24.3 Å². The van der Waals surface area contributed by atoms with E-state index in [9.17, 15) is 4.79 Å². The molecule has 0 aromatic rings. The zero-order valence-electron chi connectivity index (χ0n) is 13.6. The van der Waals surface area contributed by atoms with Gasteiger partial charge in [-0.2, -0.15) is 0 Å². The van der Waals surface area contributed by atoms with Crippen LogP contribution in [0.1, 0.15) is 52.4 Å². The van der Waals surface area contributed by atoms with Crippen LogP contribution < -0.4 is 0 Å². The number of aliphatic imine (C=N–C) groups is 1. The Kier molecular flexibility index (Phi) is 3.89. The number of carbonyl (C=O) groups is 1. The Bertz CT molecular complexity index is 633. The van der Waals surface area contributed by atoms with Gasteiger partial charge in [0.25, 0.3) is 0 Å². The molecular formula is C17H22N2O2S2. The van der Waals surface area contributed by atoms with Gasteiger partial charge in [-0.1, -0.05) is 31.0 Å². The van der Waals surface area contributed by atoms with E-state index >= 15 is 0 Å². The number of ether oxygens (including phenoxy) is 1. The SMILES string of the molecule is CC1(C)CC2=C(CO1)SC1=NC(=S)N(C3CCCCC3)C(=O)C12. The van der Waals surface area contributed by atoms with Crippen molar-refractivity contribution in [3.63, 3.8) is 0 Å². The van der Waals surface area contributed by atoms with E-state index in [1.54, 1.807) is 11.8 Å². The van der Waals surface area contributed by atoms with Crippen LogP contribution in [0.25, 0.3) is 0 Å². The standard InChI is InChI=1S/C17H22N2O2S2/c1-17(2)8-11-12(9-21-17)23-14-13(11)15(20)19(16(22)18-14)10-6-4-3-5-7-10/h10,13H,3-9H2,1-2H3. The summed E-state index contributed by atoms with van der Waals surface area (Å²) in [5.74, 6) is -0.0473. The molecule has 6 heteroatoms. The molecule has 124 valence electrons. The van der Waals surface area contributed by atoms with E-state index < -0.39 is 0 Å². The third-order valence-electron chi connectivity index (χ3n) is 5.23. The van der Waals surface area contributed by atoms with Crippen LogP contribution >= 0.6 is 24.0 Å². The van der Waals surface area contributed by atoms with Crippen molar-refractivity contribution in [2.75, 3.05) is 6.61 Å². The average molecular weight is 351 g/mol. The van der Waals surface area contributed by atoms with Gasteiger partial charge in [-0.3, -0.25) is 9.69 Å².